The molecule has 0 aliphatic carbocycles. The van der Waals surface area contributed by atoms with Crippen LogP contribution in [0.4, 0.5) is 5.69 Å². The summed E-state index contributed by atoms with van der Waals surface area (Å²) < 4.78 is 5.62. The number of anilines is 1. The first-order valence-corrected chi connectivity index (χ1v) is 9.87. The number of carbonyl (C=O) groups is 1. The van der Waals surface area contributed by atoms with E-state index in [2.05, 4.69) is 22.2 Å². The van der Waals surface area contributed by atoms with Crippen LogP contribution in [0.5, 0.6) is 0 Å². The molecule has 4 rings (SSSR count). The van der Waals surface area contributed by atoms with E-state index in [9.17, 15) is 4.79 Å². The second kappa shape index (κ2) is 7.83. The summed E-state index contributed by atoms with van der Waals surface area (Å²) in [5.74, 6) is 0.694. The van der Waals surface area contributed by atoms with Crippen LogP contribution in [0.25, 0.3) is 11.0 Å². The van der Waals surface area contributed by atoms with E-state index in [1.54, 1.807) is 0 Å². The predicted octanol–water partition coefficient (Wildman–Crippen LogP) is 3.36. The Labute approximate surface area is 156 Å². The lowest BCUT2D eigenvalue weighted by Crippen LogP contribution is -2.31. The Kier molecular flexibility index (Phi) is 5.29. The van der Waals surface area contributed by atoms with Crippen LogP contribution in [0.2, 0.25) is 0 Å². The zero-order valence-corrected chi connectivity index (χ0v) is 15.3. The van der Waals surface area contributed by atoms with E-state index < -0.39 is 0 Å². The number of nitrogens with zero attached hydrogens (tertiary/aromatic N) is 3. The largest absolute Gasteiger partial charge is 0.371 e. The third-order valence-electron chi connectivity index (χ3n) is 5.98. The number of rotatable bonds is 5. The molecular formula is C20H26BN3O2. The minimum atomic E-state index is 0.648. The van der Waals surface area contributed by atoms with Crippen molar-refractivity contribution in [3.63, 3.8) is 0 Å². The smallest absolute Gasteiger partial charge is 0.182 e. The van der Waals surface area contributed by atoms with Gasteiger partial charge in [-0.1, -0.05) is 5.16 Å². The molecule has 2 saturated heterocycles. The Bertz CT molecular complexity index is 762. The highest BCUT2D eigenvalue weighted by molar-refractivity contribution is 6.04. The van der Waals surface area contributed by atoms with Gasteiger partial charge in [-0.3, -0.25) is 4.79 Å². The van der Waals surface area contributed by atoms with Crippen LogP contribution in [0.15, 0.2) is 16.7 Å². The molecule has 5 nitrogen and oxygen atoms in total. The van der Waals surface area contributed by atoms with Gasteiger partial charge in [0, 0.05) is 18.5 Å². The topological polar surface area (TPSA) is 49.6 Å². The van der Waals surface area contributed by atoms with Crippen LogP contribution >= 0.6 is 0 Å². The first kappa shape index (κ1) is 17.6. The standard InChI is InChI=1S/C20H26BN3O2/c21-24-12-8-15(9-13-24)4-6-18-16-5-7-19(23-10-2-1-3-11-23)17(14-25)20(16)26-22-18/h5,7,14-15H,1-4,6,8-13H2. The maximum absolute atomic E-state index is 11.8. The number of aldehydes is 1. The molecule has 2 fully saturated rings. The maximum atomic E-state index is 11.8. The van der Waals surface area contributed by atoms with Gasteiger partial charge in [-0.05, 0) is 76.1 Å². The van der Waals surface area contributed by atoms with Gasteiger partial charge in [0.25, 0.3) is 0 Å². The summed E-state index contributed by atoms with van der Waals surface area (Å²) in [6, 6.07) is 4.16. The van der Waals surface area contributed by atoms with E-state index in [1.165, 1.54) is 19.3 Å². The number of carbonyl (C=O) groups excluding carboxylic acids is 1. The monoisotopic (exact) mass is 351 g/mol. The number of aryl methyl sites for hydroxylation is 1. The summed E-state index contributed by atoms with van der Waals surface area (Å²) >= 11 is 0. The average molecular weight is 351 g/mol. The summed E-state index contributed by atoms with van der Waals surface area (Å²) in [4.78, 5) is 16.0. The van der Waals surface area contributed by atoms with E-state index in [0.29, 0.717) is 17.1 Å². The highest BCUT2D eigenvalue weighted by Gasteiger charge is 2.22. The number of benzene rings is 1. The Morgan fingerprint density at radius 3 is 2.65 bits per heavy atom. The second-order valence-corrected chi connectivity index (χ2v) is 7.69. The number of hydrogen-bond donors (Lipinski definition) is 0. The highest BCUT2D eigenvalue weighted by Crippen LogP contribution is 2.32. The molecular weight excluding hydrogens is 325 g/mol. The quantitative estimate of drug-likeness (QED) is 0.611. The predicted molar refractivity (Wildman–Crippen MR) is 104 cm³/mol. The minimum absolute atomic E-state index is 0.648. The first-order valence-electron chi connectivity index (χ1n) is 9.87. The summed E-state index contributed by atoms with van der Waals surface area (Å²) in [7, 11) is 5.84. The van der Waals surface area contributed by atoms with Gasteiger partial charge in [-0.15, -0.1) is 0 Å². The Balaban J connectivity index is 1.53. The van der Waals surface area contributed by atoms with Gasteiger partial charge in [0.1, 0.15) is 0 Å². The molecule has 2 aromatic rings. The van der Waals surface area contributed by atoms with Crippen molar-refractivity contribution in [2.24, 2.45) is 5.92 Å². The molecule has 0 amide bonds. The third-order valence-corrected chi connectivity index (χ3v) is 5.98. The molecule has 0 atom stereocenters. The van der Waals surface area contributed by atoms with Crippen LogP contribution < -0.4 is 4.90 Å². The summed E-state index contributed by atoms with van der Waals surface area (Å²) in [5, 5.41) is 5.29. The number of fused-ring (bicyclic) bond motifs is 1. The first-order chi connectivity index (χ1) is 12.8. The molecule has 3 heterocycles. The van der Waals surface area contributed by atoms with Gasteiger partial charge in [-0.25, -0.2) is 0 Å². The van der Waals surface area contributed by atoms with Crippen LogP contribution in [0.1, 0.15) is 54.6 Å². The molecule has 1 aromatic carbocycles. The fourth-order valence-electron chi connectivity index (χ4n) is 4.35. The van der Waals surface area contributed by atoms with Gasteiger partial charge in [0.15, 0.2) is 19.9 Å². The Morgan fingerprint density at radius 1 is 1.15 bits per heavy atom. The zero-order valence-electron chi connectivity index (χ0n) is 15.3. The molecule has 136 valence electrons. The molecule has 6 heteroatoms. The lowest BCUT2D eigenvalue weighted by molar-refractivity contribution is 0.112. The fraction of sp³-hybridized carbons (Fsp3) is 0.600. The fourth-order valence-corrected chi connectivity index (χ4v) is 4.35. The van der Waals surface area contributed by atoms with Crippen molar-refractivity contribution >= 4 is 30.9 Å². The number of hydrogen-bond acceptors (Lipinski definition) is 5. The summed E-state index contributed by atoms with van der Waals surface area (Å²) in [5.41, 5.74) is 3.27. The van der Waals surface area contributed by atoms with Crippen molar-refractivity contribution < 1.29 is 9.32 Å². The van der Waals surface area contributed by atoms with Gasteiger partial charge < -0.3 is 14.2 Å². The van der Waals surface area contributed by atoms with Crippen molar-refractivity contribution in [1.29, 1.82) is 0 Å². The molecule has 0 bridgehead atoms. The Hall–Kier alpha value is -1.82. The van der Waals surface area contributed by atoms with E-state index in [0.717, 1.165) is 74.9 Å². The number of piperidine rings is 2. The van der Waals surface area contributed by atoms with Gasteiger partial charge in [0.2, 0.25) is 0 Å². The van der Waals surface area contributed by atoms with Crippen LogP contribution in [-0.4, -0.2) is 50.4 Å². The third kappa shape index (κ3) is 3.52. The lowest BCUT2D eigenvalue weighted by Gasteiger charge is -2.29. The van der Waals surface area contributed by atoms with Crippen molar-refractivity contribution in [3.8, 4) is 0 Å². The lowest BCUT2D eigenvalue weighted by atomic mass is 9.90. The van der Waals surface area contributed by atoms with Crippen LogP contribution in [0.3, 0.4) is 0 Å². The molecule has 1 aromatic heterocycles. The molecule has 0 unspecified atom stereocenters. The molecule has 26 heavy (non-hydrogen) atoms. The van der Waals surface area contributed by atoms with Crippen molar-refractivity contribution in [1.82, 2.24) is 9.97 Å². The van der Waals surface area contributed by atoms with Gasteiger partial charge >= 0.3 is 0 Å². The normalized spacial score (nSPS) is 19.9. The van der Waals surface area contributed by atoms with E-state index in [-0.39, 0.29) is 0 Å². The molecule has 0 saturated carbocycles. The molecule has 2 radical (unpaired) electrons. The molecule has 2 aliphatic rings. The number of aromatic nitrogens is 1. The summed E-state index contributed by atoms with van der Waals surface area (Å²) in [6.45, 7) is 3.96. The van der Waals surface area contributed by atoms with Crippen molar-refractivity contribution in [2.45, 2.75) is 44.9 Å². The van der Waals surface area contributed by atoms with Crippen LogP contribution in [-0.2, 0) is 6.42 Å². The summed E-state index contributed by atoms with van der Waals surface area (Å²) in [6.07, 6.45) is 8.83. The zero-order chi connectivity index (χ0) is 17.9. The average Bonchev–Trinajstić information content (AvgIpc) is 3.10. The maximum Gasteiger partial charge on any atom is 0.182 e. The highest BCUT2D eigenvalue weighted by atomic mass is 16.5. The van der Waals surface area contributed by atoms with Gasteiger partial charge in [-0.2, -0.15) is 0 Å². The minimum Gasteiger partial charge on any atom is -0.371 e. The molecule has 2 aliphatic heterocycles. The van der Waals surface area contributed by atoms with E-state index >= 15 is 0 Å². The second-order valence-electron chi connectivity index (χ2n) is 7.69. The van der Waals surface area contributed by atoms with Gasteiger partial charge in [0.05, 0.1) is 16.9 Å². The SMILES string of the molecule is [B]N1CCC(CCc2noc3c(C=O)c(N4CCCCC4)ccc23)CC1. The van der Waals surface area contributed by atoms with E-state index in [1.807, 2.05) is 4.81 Å². The van der Waals surface area contributed by atoms with Crippen LogP contribution in [0, 0.1) is 5.92 Å². The van der Waals surface area contributed by atoms with Crippen molar-refractivity contribution in [3.05, 3.63) is 23.4 Å². The molecule has 0 N–H and O–H groups in total. The molecule has 0 spiro atoms. The van der Waals surface area contributed by atoms with E-state index in [4.69, 9.17) is 12.5 Å². The Morgan fingerprint density at radius 2 is 1.92 bits per heavy atom. The van der Waals surface area contributed by atoms with Crippen molar-refractivity contribution in [2.75, 3.05) is 31.1 Å².